The molecule has 0 radical (unpaired) electrons. The smallest absolute Gasteiger partial charge is 0.224 e. The molecule has 176 valence electrons. The van der Waals surface area contributed by atoms with E-state index in [4.69, 9.17) is 0 Å². The van der Waals surface area contributed by atoms with Crippen molar-refractivity contribution in [3.05, 3.63) is 84.1 Å². The third-order valence-electron chi connectivity index (χ3n) is 7.59. The van der Waals surface area contributed by atoms with E-state index in [-0.39, 0.29) is 5.91 Å². The van der Waals surface area contributed by atoms with Crippen LogP contribution in [0.5, 0.6) is 0 Å². The van der Waals surface area contributed by atoms with E-state index in [0.717, 1.165) is 51.1 Å². The zero-order chi connectivity index (χ0) is 23.6. The van der Waals surface area contributed by atoms with Gasteiger partial charge in [-0.25, -0.2) is 0 Å². The summed E-state index contributed by atoms with van der Waals surface area (Å²) < 4.78 is 0. The zero-order valence-electron chi connectivity index (χ0n) is 19.7. The van der Waals surface area contributed by atoms with Gasteiger partial charge in [0, 0.05) is 28.9 Å². The van der Waals surface area contributed by atoms with Gasteiger partial charge in [0.2, 0.25) is 5.91 Å². The summed E-state index contributed by atoms with van der Waals surface area (Å²) in [5.41, 5.74) is 5.76. The van der Waals surface area contributed by atoms with Crippen molar-refractivity contribution in [1.29, 1.82) is 0 Å². The van der Waals surface area contributed by atoms with Crippen LogP contribution in [0.15, 0.2) is 72.8 Å². The van der Waals surface area contributed by atoms with E-state index in [9.17, 15) is 4.79 Å². The van der Waals surface area contributed by atoms with Crippen molar-refractivity contribution in [3.63, 3.8) is 0 Å². The molecule has 3 atom stereocenters. The van der Waals surface area contributed by atoms with Crippen molar-refractivity contribution in [3.8, 4) is 0 Å². The number of hydrogen-bond acceptors (Lipinski definition) is 3. The Kier molecular flexibility index (Phi) is 5.83. The molecule has 3 unspecified atom stereocenters. The number of aromatic nitrogens is 2. The standard InChI is InChI=1S/C30H30N4O/c35-30(17-23-16-21-9-11-22(23)15-21)32-25-8-4-7-24(18-25)31-26-12-13-27-28(33-34-29(27)19-26)14-10-20-5-2-1-3-6-20/h1-8,10,12-14,18-19,21-23,31H,9,11,15-17H2,(H,32,35)(H,33,34)/b14-10+. The van der Waals surface area contributed by atoms with Crippen LogP contribution in [0.25, 0.3) is 23.1 Å². The molecular weight excluding hydrogens is 432 g/mol. The number of carbonyl (C=O) groups is 1. The van der Waals surface area contributed by atoms with E-state index in [1.165, 1.54) is 25.7 Å². The van der Waals surface area contributed by atoms with Crippen LogP contribution in [0.1, 0.15) is 43.4 Å². The van der Waals surface area contributed by atoms with Crippen LogP contribution >= 0.6 is 0 Å². The summed E-state index contributed by atoms with van der Waals surface area (Å²) in [7, 11) is 0. The highest BCUT2D eigenvalue weighted by molar-refractivity contribution is 5.93. The second-order valence-corrected chi connectivity index (χ2v) is 10.0. The Bertz CT molecular complexity index is 1370. The summed E-state index contributed by atoms with van der Waals surface area (Å²) in [4.78, 5) is 12.7. The van der Waals surface area contributed by atoms with Gasteiger partial charge in [-0.1, -0.05) is 48.9 Å². The number of rotatable bonds is 7. The lowest BCUT2D eigenvalue weighted by Crippen LogP contribution is -2.20. The summed E-state index contributed by atoms with van der Waals surface area (Å²) in [6.45, 7) is 0. The lowest BCUT2D eigenvalue weighted by molar-refractivity contribution is -0.117. The highest BCUT2D eigenvalue weighted by Gasteiger charge is 2.40. The third kappa shape index (κ3) is 4.85. The molecule has 5 nitrogen and oxygen atoms in total. The van der Waals surface area contributed by atoms with Crippen molar-refractivity contribution in [2.24, 2.45) is 17.8 Å². The number of benzene rings is 3. The van der Waals surface area contributed by atoms with E-state index in [1.54, 1.807) is 0 Å². The van der Waals surface area contributed by atoms with Gasteiger partial charge in [-0.15, -0.1) is 0 Å². The van der Waals surface area contributed by atoms with Crippen LogP contribution in [0, 0.1) is 17.8 Å². The van der Waals surface area contributed by atoms with Crippen molar-refractivity contribution in [2.75, 3.05) is 10.6 Å². The minimum Gasteiger partial charge on any atom is -0.355 e. The van der Waals surface area contributed by atoms with Gasteiger partial charge in [0.15, 0.2) is 0 Å². The third-order valence-corrected chi connectivity index (χ3v) is 7.59. The monoisotopic (exact) mass is 462 g/mol. The van der Waals surface area contributed by atoms with E-state index in [0.29, 0.717) is 12.3 Å². The Balaban J connectivity index is 1.11. The molecule has 2 bridgehead atoms. The van der Waals surface area contributed by atoms with Gasteiger partial charge >= 0.3 is 0 Å². The molecule has 1 amide bonds. The average molecular weight is 463 g/mol. The van der Waals surface area contributed by atoms with Crippen molar-refractivity contribution >= 4 is 46.0 Å². The highest BCUT2D eigenvalue weighted by atomic mass is 16.1. The number of anilines is 3. The van der Waals surface area contributed by atoms with Crippen LogP contribution in [0.3, 0.4) is 0 Å². The summed E-state index contributed by atoms with van der Waals surface area (Å²) >= 11 is 0. The number of amides is 1. The molecule has 4 aromatic rings. The van der Waals surface area contributed by atoms with Crippen LogP contribution in [-0.4, -0.2) is 16.1 Å². The van der Waals surface area contributed by atoms with Gasteiger partial charge in [0.25, 0.3) is 0 Å². The summed E-state index contributed by atoms with van der Waals surface area (Å²) in [6, 6.07) is 24.3. The number of aromatic amines is 1. The Hall–Kier alpha value is -3.86. The molecule has 2 aliphatic carbocycles. The lowest BCUT2D eigenvalue weighted by atomic mass is 9.86. The van der Waals surface area contributed by atoms with Gasteiger partial charge in [-0.2, -0.15) is 5.10 Å². The first-order valence-electron chi connectivity index (χ1n) is 12.6. The van der Waals surface area contributed by atoms with Crippen molar-refractivity contribution < 1.29 is 4.79 Å². The quantitative estimate of drug-likeness (QED) is 0.271. The number of nitrogens with zero attached hydrogens (tertiary/aromatic N) is 1. The van der Waals surface area contributed by atoms with Crippen LogP contribution in [-0.2, 0) is 4.79 Å². The van der Waals surface area contributed by atoms with Crippen LogP contribution < -0.4 is 10.6 Å². The van der Waals surface area contributed by atoms with Gasteiger partial charge in [0.1, 0.15) is 0 Å². The maximum Gasteiger partial charge on any atom is 0.224 e. The Morgan fingerprint density at radius 3 is 2.60 bits per heavy atom. The van der Waals surface area contributed by atoms with E-state index in [2.05, 4.69) is 57.2 Å². The summed E-state index contributed by atoms with van der Waals surface area (Å²) in [5.74, 6) is 2.34. The normalized spacial score (nSPS) is 21.1. The number of hydrogen-bond donors (Lipinski definition) is 3. The minimum absolute atomic E-state index is 0.134. The number of carbonyl (C=O) groups excluding carboxylic acids is 1. The molecule has 1 aromatic heterocycles. The molecule has 3 N–H and O–H groups in total. The minimum atomic E-state index is 0.134. The molecular formula is C30H30N4O. The van der Waals surface area contributed by atoms with Gasteiger partial charge in [-0.3, -0.25) is 9.89 Å². The zero-order valence-corrected chi connectivity index (χ0v) is 19.7. The fraction of sp³-hybridized carbons (Fsp3) is 0.267. The van der Waals surface area contributed by atoms with Gasteiger partial charge in [-0.05, 0) is 85.1 Å². The van der Waals surface area contributed by atoms with E-state index in [1.807, 2.05) is 48.5 Å². The van der Waals surface area contributed by atoms with Crippen LogP contribution in [0.4, 0.5) is 17.1 Å². The molecule has 6 rings (SSSR count). The molecule has 3 aromatic carbocycles. The number of fused-ring (bicyclic) bond motifs is 3. The molecule has 0 spiro atoms. The Morgan fingerprint density at radius 1 is 0.914 bits per heavy atom. The van der Waals surface area contributed by atoms with Gasteiger partial charge < -0.3 is 10.6 Å². The molecule has 0 aliphatic heterocycles. The average Bonchev–Trinajstić information content (AvgIpc) is 3.59. The Morgan fingerprint density at radius 2 is 1.77 bits per heavy atom. The second-order valence-electron chi connectivity index (χ2n) is 10.0. The maximum atomic E-state index is 12.7. The van der Waals surface area contributed by atoms with Crippen molar-refractivity contribution in [1.82, 2.24) is 10.2 Å². The first-order valence-corrected chi connectivity index (χ1v) is 12.6. The SMILES string of the molecule is O=C(CC1CC2CCC1C2)Nc1cccc(Nc2ccc3c(/C=C/c4ccccc4)n[nH]c3c2)c1. The molecule has 1 heterocycles. The fourth-order valence-electron chi connectivity index (χ4n) is 5.90. The Labute approximate surface area is 205 Å². The van der Waals surface area contributed by atoms with Crippen molar-refractivity contribution in [2.45, 2.75) is 32.1 Å². The predicted octanol–water partition coefficient (Wildman–Crippen LogP) is 7.24. The molecule has 35 heavy (non-hydrogen) atoms. The van der Waals surface area contributed by atoms with Gasteiger partial charge in [0.05, 0.1) is 11.2 Å². The molecule has 0 saturated heterocycles. The predicted molar refractivity (Wildman–Crippen MR) is 143 cm³/mol. The molecule has 5 heteroatoms. The maximum absolute atomic E-state index is 12.7. The van der Waals surface area contributed by atoms with E-state index < -0.39 is 0 Å². The number of H-pyrrole nitrogens is 1. The number of nitrogens with one attached hydrogen (secondary N) is 3. The highest BCUT2D eigenvalue weighted by Crippen LogP contribution is 2.49. The summed E-state index contributed by atoms with van der Waals surface area (Å²) in [6.07, 6.45) is 10.0. The largest absolute Gasteiger partial charge is 0.355 e. The van der Waals surface area contributed by atoms with E-state index >= 15 is 0 Å². The summed E-state index contributed by atoms with van der Waals surface area (Å²) in [5, 5.41) is 15.3. The molecule has 2 fully saturated rings. The molecule has 2 saturated carbocycles. The topological polar surface area (TPSA) is 69.8 Å². The second kappa shape index (κ2) is 9.41. The first kappa shape index (κ1) is 21.7. The van der Waals surface area contributed by atoms with Crippen LogP contribution in [0.2, 0.25) is 0 Å². The lowest BCUT2D eigenvalue weighted by Gasteiger charge is -2.21. The first-order chi connectivity index (χ1) is 17.2. The fourth-order valence-corrected chi connectivity index (χ4v) is 5.90. The molecule has 2 aliphatic rings.